The van der Waals surface area contributed by atoms with Gasteiger partial charge in [-0.15, -0.1) is 0 Å². The molecule has 0 spiro atoms. The summed E-state index contributed by atoms with van der Waals surface area (Å²) < 4.78 is 51.4. The predicted octanol–water partition coefficient (Wildman–Crippen LogP) is 3.59. The van der Waals surface area contributed by atoms with Gasteiger partial charge in [-0.2, -0.15) is 13.2 Å². The van der Waals surface area contributed by atoms with E-state index in [0.29, 0.717) is 6.61 Å². The van der Waals surface area contributed by atoms with E-state index in [1.807, 2.05) is 6.20 Å². The summed E-state index contributed by atoms with van der Waals surface area (Å²) in [5, 5.41) is 0. The number of aromatic nitrogens is 2. The Morgan fingerprint density at radius 2 is 2.00 bits per heavy atom. The Labute approximate surface area is 156 Å². The molecule has 3 rings (SSSR count). The van der Waals surface area contributed by atoms with E-state index in [4.69, 9.17) is 9.47 Å². The van der Waals surface area contributed by atoms with Crippen LogP contribution in [-0.2, 0) is 24.0 Å². The first kappa shape index (κ1) is 19.7. The molecule has 1 fully saturated rings. The maximum Gasteiger partial charge on any atom is 0.416 e. The Hall–Kier alpha value is -2.06. The first-order valence-electron chi connectivity index (χ1n) is 9.00. The van der Waals surface area contributed by atoms with E-state index in [2.05, 4.69) is 14.5 Å². The van der Waals surface area contributed by atoms with E-state index in [0.717, 1.165) is 56.8 Å². The summed E-state index contributed by atoms with van der Waals surface area (Å²) in [6, 6.07) is 5.09. The van der Waals surface area contributed by atoms with Gasteiger partial charge in [-0.25, -0.2) is 4.98 Å². The van der Waals surface area contributed by atoms with Crippen molar-refractivity contribution in [3.8, 4) is 5.75 Å². The van der Waals surface area contributed by atoms with Crippen molar-refractivity contribution in [2.75, 3.05) is 26.8 Å². The van der Waals surface area contributed by atoms with Crippen LogP contribution in [-0.4, -0.2) is 47.4 Å². The van der Waals surface area contributed by atoms with Crippen LogP contribution in [0.5, 0.6) is 5.75 Å². The number of halogens is 3. The Bertz CT molecular complexity index is 725. The number of rotatable bonds is 7. The molecule has 2 heterocycles. The lowest BCUT2D eigenvalue weighted by molar-refractivity contribution is -0.137. The molecule has 0 saturated carbocycles. The molecule has 0 aliphatic carbocycles. The molecule has 5 nitrogen and oxygen atoms in total. The predicted molar refractivity (Wildman–Crippen MR) is 94.5 cm³/mol. The lowest BCUT2D eigenvalue weighted by Crippen LogP contribution is -2.38. The molecule has 0 atom stereocenters. The smallest absolute Gasteiger partial charge is 0.416 e. The van der Waals surface area contributed by atoms with Crippen LogP contribution in [0.4, 0.5) is 13.2 Å². The lowest BCUT2D eigenvalue weighted by Gasteiger charge is -2.32. The van der Waals surface area contributed by atoms with Crippen molar-refractivity contribution in [3.63, 3.8) is 0 Å². The summed E-state index contributed by atoms with van der Waals surface area (Å²) in [4.78, 5) is 6.52. The average Bonchev–Trinajstić information content (AvgIpc) is 3.08. The van der Waals surface area contributed by atoms with Crippen molar-refractivity contribution in [2.45, 2.75) is 38.2 Å². The van der Waals surface area contributed by atoms with Crippen LogP contribution in [0.25, 0.3) is 0 Å². The third kappa shape index (κ3) is 5.46. The number of hydrogen-bond donors (Lipinski definition) is 0. The lowest BCUT2D eigenvalue weighted by atomic mass is 10.1. The summed E-state index contributed by atoms with van der Waals surface area (Å²) in [5.41, 5.74) is 0.450. The van der Waals surface area contributed by atoms with Crippen molar-refractivity contribution in [1.29, 1.82) is 0 Å². The Balaban J connectivity index is 1.50. The summed E-state index contributed by atoms with van der Waals surface area (Å²) in [6.07, 6.45) is 0.807. The number of ether oxygens (including phenoxy) is 2. The fraction of sp³-hybridized carbons (Fsp3) is 0.526. The molecular formula is C19H24F3N3O2. The first-order chi connectivity index (χ1) is 13.0. The molecule has 1 aliphatic heterocycles. The van der Waals surface area contributed by atoms with Crippen molar-refractivity contribution in [3.05, 3.63) is 48.0 Å². The summed E-state index contributed by atoms with van der Waals surface area (Å²) >= 11 is 0. The topological polar surface area (TPSA) is 39.5 Å². The van der Waals surface area contributed by atoms with Crippen LogP contribution < -0.4 is 4.74 Å². The van der Waals surface area contributed by atoms with Crippen molar-refractivity contribution < 1.29 is 22.6 Å². The van der Waals surface area contributed by atoms with Gasteiger partial charge in [0.1, 0.15) is 11.9 Å². The number of nitrogens with zero attached hydrogens (tertiary/aromatic N) is 3. The second-order valence-corrected chi connectivity index (χ2v) is 6.69. The fourth-order valence-corrected chi connectivity index (χ4v) is 3.22. The van der Waals surface area contributed by atoms with E-state index in [1.54, 1.807) is 19.5 Å². The van der Waals surface area contributed by atoms with Crippen LogP contribution in [0.15, 0.2) is 36.8 Å². The second kappa shape index (κ2) is 8.75. The van der Waals surface area contributed by atoms with Gasteiger partial charge in [-0.1, -0.05) is 6.07 Å². The molecule has 1 aromatic heterocycles. The summed E-state index contributed by atoms with van der Waals surface area (Å²) in [7, 11) is 1.67. The fourth-order valence-electron chi connectivity index (χ4n) is 3.22. The van der Waals surface area contributed by atoms with Gasteiger partial charge >= 0.3 is 6.18 Å². The summed E-state index contributed by atoms with van der Waals surface area (Å²) in [6.45, 7) is 3.86. The quantitative estimate of drug-likeness (QED) is 0.733. The molecule has 1 saturated heterocycles. The maximum atomic E-state index is 12.8. The van der Waals surface area contributed by atoms with Gasteiger partial charge in [0.15, 0.2) is 0 Å². The SMILES string of the molecule is COCCn1cncc1CN1CCC(Oc2cccc(C(F)(F)F)c2)CC1. The van der Waals surface area contributed by atoms with E-state index < -0.39 is 11.7 Å². The van der Waals surface area contributed by atoms with Gasteiger partial charge in [0.25, 0.3) is 0 Å². The summed E-state index contributed by atoms with van der Waals surface area (Å²) in [5.74, 6) is 0.279. The standard InChI is InChI=1S/C19H24F3N3O2/c1-26-10-9-25-14-23-12-16(25)13-24-7-5-17(6-8-24)27-18-4-2-3-15(11-18)19(20,21)22/h2-4,11-12,14,17H,5-10,13H2,1H3. The molecule has 0 unspecified atom stereocenters. The normalized spacial score (nSPS) is 16.6. The minimum Gasteiger partial charge on any atom is -0.490 e. The average molecular weight is 383 g/mol. The van der Waals surface area contributed by atoms with E-state index in [1.165, 1.54) is 6.07 Å². The number of methoxy groups -OCH3 is 1. The third-order valence-corrected chi connectivity index (χ3v) is 4.72. The van der Waals surface area contributed by atoms with Crippen LogP contribution in [0, 0.1) is 0 Å². The number of benzene rings is 1. The Morgan fingerprint density at radius 1 is 1.22 bits per heavy atom. The highest BCUT2D eigenvalue weighted by Crippen LogP contribution is 2.32. The molecule has 0 N–H and O–H groups in total. The van der Waals surface area contributed by atoms with Gasteiger partial charge in [0.05, 0.1) is 24.2 Å². The van der Waals surface area contributed by atoms with E-state index in [-0.39, 0.29) is 11.9 Å². The van der Waals surface area contributed by atoms with E-state index in [9.17, 15) is 13.2 Å². The zero-order valence-corrected chi connectivity index (χ0v) is 15.3. The van der Waals surface area contributed by atoms with Gasteiger partial charge in [-0.05, 0) is 31.0 Å². The van der Waals surface area contributed by atoms with Crippen molar-refractivity contribution in [1.82, 2.24) is 14.5 Å². The molecule has 27 heavy (non-hydrogen) atoms. The maximum absolute atomic E-state index is 12.8. The highest BCUT2D eigenvalue weighted by Gasteiger charge is 2.31. The first-order valence-corrected chi connectivity index (χ1v) is 9.00. The van der Waals surface area contributed by atoms with Crippen LogP contribution >= 0.6 is 0 Å². The third-order valence-electron chi connectivity index (χ3n) is 4.72. The molecule has 0 amide bonds. The molecule has 1 aromatic carbocycles. The highest BCUT2D eigenvalue weighted by molar-refractivity contribution is 5.30. The molecule has 0 bridgehead atoms. The Morgan fingerprint density at radius 3 is 2.70 bits per heavy atom. The van der Waals surface area contributed by atoms with Crippen molar-refractivity contribution >= 4 is 0 Å². The van der Waals surface area contributed by atoms with Gasteiger partial charge < -0.3 is 14.0 Å². The highest BCUT2D eigenvalue weighted by atomic mass is 19.4. The molecule has 148 valence electrons. The number of likely N-dealkylation sites (tertiary alicyclic amines) is 1. The van der Waals surface area contributed by atoms with Crippen molar-refractivity contribution in [2.24, 2.45) is 0 Å². The zero-order valence-electron chi connectivity index (χ0n) is 15.3. The molecule has 1 aliphatic rings. The van der Waals surface area contributed by atoms with Crippen LogP contribution in [0.3, 0.4) is 0 Å². The molecule has 8 heteroatoms. The minimum absolute atomic E-state index is 0.0665. The van der Waals surface area contributed by atoms with Gasteiger partial charge in [-0.3, -0.25) is 4.90 Å². The van der Waals surface area contributed by atoms with Crippen LogP contribution in [0.2, 0.25) is 0 Å². The number of imidazole rings is 1. The zero-order chi connectivity index (χ0) is 19.3. The Kier molecular flexibility index (Phi) is 6.38. The number of piperidine rings is 1. The molecular weight excluding hydrogens is 359 g/mol. The molecule has 2 aromatic rings. The van der Waals surface area contributed by atoms with Crippen LogP contribution in [0.1, 0.15) is 24.1 Å². The van der Waals surface area contributed by atoms with Gasteiger partial charge in [0, 0.05) is 39.5 Å². The van der Waals surface area contributed by atoms with E-state index >= 15 is 0 Å². The van der Waals surface area contributed by atoms with Gasteiger partial charge in [0.2, 0.25) is 0 Å². The molecule has 0 radical (unpaired) electrons. The number of hydrogen-bond acceptors (Lipinski definition) is 4. The number of alkyl halides is 3. The largest absolute Gasteiger partial charge is 0.490 e. The second-order valence-electron chi connectivity index (χ2n) is 6.69. The minimum atomic E-state index is -4.35. The monoisotopic (exact) mass is 383 g/mol.